The summed E-state index contributed by atoms with van der Waals surface area (Å²) in [7, 11) is 2.08. The lowest BCUT2D eigenvalue weighted by Gasteiger charge is -2.40. The van der Waals surface area contributed by atoms with Gasteiger partial charge in [0.05, 0.1) is 12.6 Å². The first-order chi connectivity index (χ1) is 13.7. The lowest BCUT2D eigenvalue weighted by Crippen LogP contribution is -2.52. The second kappa shape index (κ2) is 8.18. The monoisotopic (exact) mass is 377 g/mol. The molecule has 1 aliphatic rings. The van der Waals surface area contributed by atoms with E-state index in [4.69, 9.17) is 0 Å². The van der Waals surface area contributed by atoms with E-state index in [-0.39, 0.29) is 18.6 Å². The Morgan fingerprint density at radius 3 is 2.79 bits per heavy atom. The summed E-state index contributed by atoms with van der Waals surface area (Å²) in [5.41, 5.74) is 1.83. The largest absolute Gasteiger partial charge is 0.331 e. The Morgan fingerprint density at radius 2 is 2.00 bits per heavy atom. The minimum atomic E-state index is -0.0993. The number of rotatable bonds is 4. The number of carbonyl (C=O) groups is 1. The van der Waals surface area contributed by atoms with Crippen LogP contribution in [-0.4, -0.2) is 62.7 Å². The number of benzene rings is 1. The molecule has 4 rings (SSSR count). The van der Waals surface area contributed by atoms with Crippen LogP contribution in [0.15, 0.2) is 54.7 Å². The van der Waals surface area contributed by atoms with Gasteiger partial charge in [-0.2, -0.15) is 5.10 Å². The first-order valence-corrected chi connectivity index (χ1v) is 9.31. The van der Waals surface area contributed by atoms with Gasteiger partial charge in [0.15, 0.2) is 5.82 Å². The number of hydrogen-bond acceptors (Lipinski definition) is 5. The quantitative estimate of drug-likeness (QED) is 0.726. The van der Waals surface area contributed by atoms with Gasteiger partial charge in [-0.1, -0.05) is 36.4 Å². The number of nitrogens with zero attached hydrogens (tertiary/aromatic N) is 5. The molecule has 8 nitrogen and oxygen atoms in total. The molecule has 1 fully saturated rings. The van der Waals surface area contributed by atoms with Gasteiger partial charge >= 0.3 is 6.03 Å². The fourth-order valence-electron chi connectivity index (χ4n) is 3.37. The van der Waals surface area contributed by atoms with Crippen LogP contribution in [0.25, 0.3) is 11.5 Å². The highest BCUT2D eigenvalue weighted by molar-refractivity contribution is 5.75. The van der Waals surface area contributed by atoms with Crippen LogP contribution in [0.3, 0.4) is 0 Å². The van der Waals surface area contributed by atoms with Crippen molar-refractivity contribution in [1.29, 1.82) is 0 Å². The van der Waals surface area contributed by atoms with E-state index in [9.17, 15) is 4.79 Å². The highest BCUT2D eigenvalue weighted by Crippen LogP contribution is 2.24. The summed E-state index contributed by atoms with van der Waals surface area (Å²) in [6, 6.07) is 15.6. The van der Waals surface area contributed by atoms with Gasteiger partial charge in [0, 0.05) is 25.8 Å². The minimum Gasteiger partial charge on any atom is -0.331 e. The number of H-pyrrole nitrogens is 1. The van der Waals surface area contributed by atoms with E-state index in [1.165, 1.54) is 0 Å². The Hall–Kier alpha value is -3.26. The summed E-state index contributed by atoms with van der Waals surface area (Å²) >= 11 is 0. The van der Waals surface area contributed by atoms with Crippen LogP contribution in [0.1, 0.15) is 17.4 Å². The fourth-order valence-corrected chi connectivity index (χ4v) is 3.37. The number of piperazine rings is 1. The molecule has 28 heavy (non-hydrogen) atoms. The van der Waals surface area contributed by atoms with Crippen LogP contribution in [0, 0.1) is 0 Å². The van der Waals surface area contributed by atoms with Gasteiger partial charge in [0.25, 0.3) is 0 Å². The fraction of sp³-hybridized carbons (Fsp3) is 0.300. The summed E-state index contributed by atoms with van der Waals surface area (Å²) in [6.45, 7) is 2.62. The molecule has 2 N–H and O–H groups in total. The molecule has 1 atom stereocenters. The van der Waals surface area contributed by atoms with Gasteiger partial charge in [0.1, 0.15) is 11.5 Å². The maximum atomic E-state index is 12.9. The Balaban J connectivity index is 1.42. The predicted molar refractivity (Wildman–Crippen MR) is 105 cm³/mol. The summed E-state index contributed by atoms with van der Waals surface area (Å²) in [5, 5.41) is 10.0. The van der Waals surface area contributed by atoms with Gasteiger partial charge in [0.2, 0.25) is 0 Å². The molecular weight excluding hydrogens is 354 g/mol. The molecule has 0 bridgehead atoms. The van der Waals surface area contributed by atoms with Crippen molar-refractivity contribution in [3.05, 3.63) is 66.1 Å². The van der Waals surface area contributed by atoms with E-state index in [0.717, 1.165) is 18.7 Å². The summed E-state index contributed by atoms with van der Waals surface area (Å²) < 4.78 is 0. The molecule has 0 saturated carbocycles. The van der Waals surface area contributed by atoms with Gasteiger partial charge in [-0.05, 0) is 24.7 Å². The van der Waals surface area contributed by atoms with Crippen LogP contribution < -0.4 is 5.32 Å². The highest BCUT2D eigenvalue weighted by atomic mass is 16.2. The van der Waals surface area contributed by atoms with Crippen molar-refractivity contribution in [3.8, 4) is 11.5 Å². The summed E-state index contributed by atoms with van der Waals surface area (Å²) in [5.74, 6) is 1.12. The van der Waals surface area contributed by atoms with Crippen molar-refractivity contribution in [1.82, 2.24) is 35.3 Å². The Kier molecular flexibility index (Phi) is 5.29. The topological polar surface area (TPSA) is 90.0 Å². The highest BCUT2D eigenvalue weighted by Gasteiger charge is 2.30. The number of hydrogen-bond donors (Lipinski definition) is 2. The molecular formula is C20H23N7O. The first kappa shape index (κ1) is 18.1. The van der Waals surface area contributed by atoms with Crippen LogP contribution in [0.2, 0.25) is 0 Å². The number of nitrogens with one attached hydrogen (secondary N) is 2. The van der Waals surface area contributed by atoms with E-state index >= 15 is 0 Å². The molecule has 1 aromatic carbocycles. The molecule has 0 radical (unpaired) electrons. The molecule has 3 heterocycles. The van der Waals surface area contributed by atoms with E-state index in [1.54, 1.807) is 6.20 Å². The van der Waals surface area contributed by atoms with Crippen LogP contribution in [-0.2, 0) is 6.54 Å². The third kappa shape index (κ3) is 4.01. The zero-order chi connectivity index (χ0) is 19.3. The Labute approximate surface area is 163 Å². The molecule has 1 saturated heterocycles. The average molecular weight is 377 g/mol. The standard InChI is InChI=1S/C20H23N7O/c1-26-11-12-27(17(14-26)15-7-3-2-4-8-15)20(28)22-13-18-23-19(25-24-18)16-9-5-6-10-21-16/h2-10,17H,11-14H2,1H3,(H,22,28)(H,23,24,25). The van der Waals surface area contributed by atoms with Gasteiger partial charge in [-0.25, -0.2) is 9.78 Å². The smallest absolute Gasteiger partial charge is 0.318 e. The number of aromatic nitrogens is 4. The molecule has 1 aliphatic heterocycles. The number of likely N-dealkylation sites (N-methyl/N-ethyl adjacent to an activating group) is 1. The minimum absolute atomic E-state index is 0.0266. The third-order valence-corrected chi connectivity index (χ3v) is 4.86. The first-order valence-electron chi connectivity index (χ1n) is 9.31. The molecule has 3 aromatic rings. The van der Waals surface area contributed by atoms with Crippen LogP contribution in [0.5, 0.6) is 0 Å². The molecule has 8 heteroatoms. The Morgan fingerprint density at radius 1 is 1.18 bits per heavy atom. The normalized spacial score (nSPS) is 17.5. The van der Waals surface area contributed by atoms with Gasteiger partial charge in [-0.3, -0.25) is 10.1 Å². The number of amides is 2. The number of pyridine rings is 1. The molecule has 1 unspecified atom stereocenters. The Bertz CT molecular complexity index is 913. The second-order valence-electron chi connectivity index (χ2n) is 6.86. The number of urea groups is 1. The SMILES string of the molecule is CN1CCN(C(=O)NCc2nc(-c3ccccn3)n[nH]2)C(c2ccccc2)C1. The molecule has 144 valence electrons. The lowest BCUT2D eigenvalue weighted by atomic mass is 10.0. The van der Waals surface area contributed by atoms with Crippen molar-refractivity contribution in [3.63, 3.8) is 0 Å². The van der Waals surface area contributed by atoms with E-state index in [0.29, 0.717) is 23.9 Å². The molecule has 0 spiro atoms. The number of aromatic amines is 1. The summed E-state index contributed by atoms with van der Waals surface area (Å²) in [4.78, 5) is 25.7. The van der Waals surface area contributed by atoms with Crippen molar-refractivity contribution in [2.24, 2.45) is 0 Å². The lowest BCUT2D eigenvalue weighted by molar-refractivity contribution is 0.108. The van der Waals surface area contributed by atoms with Crippen molar-refractivity contribution < 1.29 is 4.79 Å². The van der Waals surface area contributed by atoms with E-state index in [1.807, 2.05) is 41.3 Å². The van der Waals surface area contributed by atoms with Gasteiger partial charge < -0.3 is 15.1 Å². The molecule has 0 aliphatic carbocycles. The van der Waals surface area contributed by atoms with Crippen LogP contribution >= 0.6 is 0 Å². The molecule has 2 aromatic heterocycles. The number of carbonyl (C=O) groups excluding carboxylic acids is 1. The predicted octanol–water partition coefficient (Wildman–Crippen LogP) is 2.06. The summed E-state index contributed by atoms with van der Waals surface area (Å²) in [6.07, 6.45) is 1.70. The maximum absolute atomic E-state index is 12.9. The van der Waals surface area contributed by atoms with E-state index < -0.39 is 0 Å². The molecule has 2 amide bonds. The maximum Gasteiger partial charge on any atom is 0.318 e. The zero-order valence-corrected chi connectivity index (χ0v) is 15.7. The average Bonchev–Trinajstić information content (AvgIpc) is 3.22. The van der Waals surface area contributed by atoms with Crippen molar-refractivity contribution >= 4 is 6.03 Å². The van der Waals surface area contributed by atoms with Gasteiger partial charge in [-0.15, -0.1) is 0 Å². The zero-order valence-electron chi connectivity index (χ0n) is 15.7. The van der Waals surface area contributed by atoms with Crippen molar-refractivity contribution in [2.45, 2.75) is 12.6 Å². The van der Waals surface area contributed by atoms with Crippen molar-refractivity contribution in [2.75, 3.05) is 26.7 Å². The third-order valence-electron chi connectivity index (χ3n) is 4.86. The second-order valence-corrected chi connectivity index (χ2v) is 6.86. The van der Waals surface area contributed by atoms with E-state index in [2.05, 4.69) is 49.6 Å². The van der Waals surface area contributed by atoms with Crippen LogP contribution in [0.4, 0.5) is 4.79 Å².